The maximum atomic E-state index is 13.9. The third-order valence-electron chi connectivity index (χ3n) is 5.24. The lowest BCUT2D eigenvalue weighted by Crippen LogP contribution is -2.61. The Labute approximate surface area is 156 Å². The monoisotopic (exact) mass is 373 g/mol. The molecule has 3 heterocycles. The number of benzene rings is 1. The number of morpholine rings is 1. The van der Waals surface area contributed by atoms with Gasteiger partial charge in [-0.15, -0.1) is 0 Å². The summed E-state index contributed by atoms with van der Waals surface area (Å²) in [6, 6.07) is 7.73. The molecule has 2 aliphatic rings. The van der Waals surface area contributed by atoms with Gasteiger partial charge in [0.15, 0.2) is 0 Å². The molecule has 1 aromatic heterocycles. The molecule has 2 fully saturated rings. The van der Waals surface area contributed by atoms with Gasteiger partial charge in [-0.1, -0.05) is 6.07 Å². The average molecular weight is 373 g/mol. The minimum atomic E-state index is -0.526. The summed E-state index contributed by atoms with van der Waals surface area (Å²) >= 11 is 0. The van der Waals surface area contributed by atoms with Gasteiger partial charge in [-0.25, -0.2) is 8.78 Å². The van der Waals surface area contributed by atoms with Gasteiger partial charge in [-0.3, -0.25) is 14.7 Å². The Hall–Kier alpha value is -2.38. The van der Waals surface area contributed by atoms with Gasteiger partial charge < -0.3 is 9.64 Å². The Bertz CT molecular complexity index is 847. The van der Waals surface area contributed by atoms with Crippen molar-refractivity contribution in [1.29, 1.82) is 0 Å². The Morgan fingerprint density at radius 2 is 2.11 bits per heavy atom. The van der Waals surface area contributed by atoms with Crippen LogP contribution in [0.5, 0.6) is 0 Å². The lowest BCUT2D eigenvalue weighted by atomic mass is 9.90. The molecule has 142 valence electrons. The number of pyridine rings is 1. The zero-order valence-corrected chi connectivity index (χ0v) is 14.9. The number of carbonyl (C=O) groups is 1. The number of hydrogen-bond acceptors (Lipinski definition) is 4. The number of carbonyl (C=O) groups excluding carboxylic acids is 1. The van der Waals surface area contributed by atoms with Gasteiger partial charge in [0.1, 0.15) is 18.2 Å². The average Bonchev–Trinajstić information content (AvgIpc) is 2.66. The van der Waals surface area contributed by atoms with Crippen LogP contribution in [0.3, 0.4) is 0 Å². The highest BCUT2D eigenvalue weighted by atomic mass is 19.1. The van der Waals surface area contributed by atoms with Gasteiger partial charge in [0.05, 0.1) is 18.3 Å². The van der Waals surface area contributed by atoms with Crippen molar-refractivity contribution < 1.29 is 18.3 Å². The molecular weight excluding hydrogens is 352 g/mol. The van der Waals surface area contributed by atoms with Crippen molar-refractivity contribution in [2.45, 2.75) is 25.0 Å². The maximum Gasteiger partial charge on any atom is 0.253 e. The number of rotatable bonds is 3. The summed E-state index contributed by atoms with van der Waals surface area (Å²) in [6.45, 7) is 2.22. The molecule has 0 aliphatic carbocycles. The predicted octanol–water partition coefficient (Wildman–Crippen LogP) is 2.76. The van der Waals surface area contributed by atoms with Crippen molar-refractivity contribution >= 4 is 11.6 Å². The summed E-state index contributed by atoms with van der Waals surface area (Å²) < 4.78 is 33.5. The Balaban J connectivity index is 1.52. The summed E-state index contributed by atoms with van der Waals surface area (Å²) in [5.41, 5.74) is 0.609. The molecule has 7 heteroatoms. The van der Waals surface area contributed by atoms with Crippen LogP contribution < -0.4 is 4.90 Å². The molecule has 4 rings (SSSR count). The SMILES string of the molecule is O=C1COC2(CCCN(Cc3ccncc3F)C2)CN1c1cccc(F)c1. The smallest absolute Gasteiger partial charge is 0.253 e. The fraction of sp³-hybridized carbons (Fsp3) is 0.400. The van der Waals surface area contributed by atoms with E-state index in [0.717, 1.165) is 19.4 Å². The van der Waals surface area contributed by atoms with Crippen LogP contribution in [0, 0.1) is 11.6 Å². The fourth-order valence-electron chi connectivity index (χ4n) is 3.94. The number of hydrogen-bond donors (Lipinski definition) is 0. The molecular formula is C20H21F2N3O2. The van der Waals surface area contributed by atoms with E-state index >= 15 is 0 Å². The van der Waals surface area contributed by atoms with E-state index in [1.54, 1.807) is 29.3 Å². The quantitative estimate of drug-likeness (QED) is 0.830. The Morgan fingerprint density at radius 3 is 2.93 bits per heavy atom. The normalized spacial score (nSPS) is 23.8. The van der Waals surface area contributed by atoms with E-state index in [-0.39, 0.29) is 24.1 Å². The first kappa shape index (κ1) is 18.0. The van der Waals surface area contributed by atoms with Crippen LogP contribution in [0.4, 0.5) is 14.5 Å². The fourth-order valence-corrected chi connectivity index (χ4v) is 3.94. The second kappa shape index (κ2) is 7.32. The molecule has 2 saturated heterocycles. The van der Waals surface area contributed by atoms with Gasteiger partial charge >= 0.3 is 0 Å². The maximum absolute atomic E-state index is 13.9. The predicted molar refractivity (Wildman–Crippen MR) is 96.1 cm³/mol. The number of anilines is 1. The number of nitrogens with zero attached hydrogens (tertiary/aromatic N) is 3. The number of aromatic nitrogens is 1. The second-order valence-corrected chi connectivity index (χ2v) is 7.21. The van der Waals surface area contributed by atoms with E-state index in [1.165, 1.54) is 18.3 Å². The molecule has 5 nitrogen and oxygen atoms in total. The first-order valence-corrected chi connectivity index (χ1v) is 9.05. The van der Waals surface area contributed by atoms with E-state index < -0.39 is 5.60 Å². The first-order chi connectivity index (χ1) is 13.0. The number of ether oxygens (including phenoxy) is 1. The van der Waals surface area contributed by atoms with Gasteiger partial charge in [0.2, 0.25) is 0 Å². The zero-order chi connectivity index (χ0) is 18.9. The lowest BCUT2D eigenvalue weighted by Gasteiger charge is -2.47. The van der Waals surface area contributed by atoms with Crippen molar-refractivity contribution in [2.75, 3.05) is 31.1 Å². The molecule has 0 radical (unpaired) electrons. The van der Waals surface area contributed by atoms with E-state index in [9.17, 15) is 13.6 Å². The van der Waals surface area contributed by atoms with Crippen molar-refractivity contribution in [2.24, 2.45) is 0 Å². The van der Waals surface area contributed by atoms with Crippen LogP contribution in [0.25, 0.3) is 0 Å². The Kier molecular flexibility index (Phi) is 4.88. The topological polar surface area (TPSA) is 45.7 Å². The van der Waals surface area contributed by atoms with E-state index in [4.69, 9.17) is 4.74 Å². The van der Waals surface area contributed by atoms with Gasteiger partial charge in [-0.05, 0) is 43.7 Å². The number of halogens is 2. The summed E-state index contributed by atoms with van der Waals surface area (Å²) in [5, 5.41) is 0. The van der Waals surface area contributed by atoms with Crippen LogP contribution in [0.1, 0.15) is 18.4 Å². The molecule has 1 unspecified atom stereocenters. The van der Waals surface area contributed by atoms with E-state index in [0.29, 0.717) is 30.9 Å². The molecule has 0 saturated carbocycles. The van der Waals surface area contributed by atoms with Gasteiger partial charge in [-0.2, -0.15) is 0 Å². The molecule has 0 N–H and O–H groups in total. The Morgan fingerprint density at radius 1 is 1.22 bits per heavy atom. The number of piperidine rings is 1. The van der Waals surface area contributed by atoms with Crippen molar-refractivity contribution in [3.05, 3.63) is 59.9 Å². The van der Waals surface area contributed by atoms with Crippen LogP contribution in [0.15, 0.2) is 42.7 Å². The third kappa shape index (κ3) is 3.84. The highest BCUT2D eigenvalue weighted by Gasteiger charge is 2.43. The van der Waals surface area contributed by atoms with Gasteiger partial charge in [0.25, 0.3) is 5.91 Å². The molecule has 2 aliphatic heterocycles. The third-order valence-corrected chi connectivity index (χ3v) is 5.24. The summed E-state index contributed by atoms with van der Waals surface area (Å²) in [7, 11) is 0. The molecule has 1 atom stereocenters. The molecule has 0 bridgehead atoms. The molecule has 1 spiro atoms. The van der Waals surface area contributed by atoms with Crippen LogP contribution in [-0.4, -0.2) is 47.6 Å². The summed E-state index contributed by atoms with van der Waals surface area (Å²) in [6.07, 6.45) is 4.50. The van der Waals surface area contributed by atoms with Crippen molar-refractivity contribution in [3.8, 4) is 0 Å². The van der Waals surface area contributed by atoms with Crippen LogP contribution in [-0.2, 0) is 16.1 Å². The largest absolute Gasteiger partial charge is 0.362 e. The second-order valence-electron chi connectivity index (χ2n) is 7.21. The van der Waals surface area contributed by atoms with Gasteiger partial charge in [0, 0.05) is 30.5 Å². The van der Waals surface area contributed by atoms with Crippen LogP contribution >= 0.6 is 0 Å². The molecule has 1 aromatic carbocycles. The van der Waals surface area contributed by atoms with Crippen molar-refractivity contribution in [1.82, 2.24) is 9.88 Å². The zero-order valence-electron chi connectivity index (χ0n) is 14.9. The molecule has 1 amide bonds. The molecule has 27 heavy (non-hydrogen) atoms. The minimum Gasteiger partial charge on any atom is -0.362 e. The highest BCUT2D eigenvalue weighted by molar-refractivity contribution is 5.95. The highest BCUT2D eigenvalue weighted by Crippen LogP contribution is 2.32. The number of amides is 1. The van der Waals surface area contributed by atoms with Crippen LogP contribution in [0.2, 0.25) is 0 Å². The standard InChI is InChI=1S/C20H21F2N3O2/c21-16-3-1-4-17(9-16)25-14-20(27-12-19(25)26)6-2-8-24(13-20)11-15-5-7-23-10-18(15)22/h1,3-5,7,9-10H,2,6,8,11-14H2. The van der Waals surface area contributed by atoms with Crippen molar-refractivity contribution in [3.63, 3.8) is 0 Å². The minimum absolute atomic E-state index is 0.0338. The number of likely N-dealkylation sites (tertiary alicyclic amines) is 1. The van der Waals surface area contributed by atoms with E-state index in [1.807, 2.05) is 0 Å². The summed E-state index contributed by atoms with van der Waals surface area (Å²) in [5.74, 6) is -0.874. The van der Waals surface area contributed by atoms with E-state index in [2.05, 4.69) is 9.88 Å². The summed E-state index contributed by atoms with van der Waals surface area (Å²) in [4.78, 5) is 19.9. The lowest BCUT2D eigenvalue weighted by molar-refractivity contribution is -0.146. The first-order valence-electron chi connectivity index (χ1n) is 9.05. The molecule has 2 aromatic rings.